The van der Waals surface area contributed by atoms with Crippen molar-refractivity contribution in [2.45, 2.75) is 57.4 Å². The number of anilines is 1. The van der Waals surface area contributed by atoms with Crippen LogP contribution in [0.4, 0.5) is 5.69 Å². The highest BCUT2D eigenvalue weighted by molar-refractivity contribution is 7.92. The van der Waals surface area contributed by atoms with E-state index in [2.05, 4.69) is 32.6 Å². The van der Waals surface area contributed by atoms with Crippen molar-refractivity contribution >= 4 is 15.7 Å². The summed E-state index contributed by atoms with van der Waals surface area (Å²) in [6.45, 7) is 6.92. The van der Waals surface area contributed by atoms with Crippen LogP contribution in [0.25, 0.3) is 0 Å². The van der Waals surface area contributed by atoms with Crippen LogP contribution in [0.3, 0.4) is 0 Å². The first-order chi connectivity index (χ1) is 15.4. The molecule has 1 aromatic heterocycles. The van der Waals surface area contributed by atoms with Crippen molar-refractivity contribution in [3.63, 3.8) is 0 Å². The van der Waals surface area contributed by atoms with Crippen LogP contribution in [0.1, 0.15) is 47.8 Å². The van der Waals surface area contributed by atoms with Crippen molar-refractivity contribution < 1.29 is 8.42 Å². The molecule has 0 atom stereocenters. The van der Waals surface area contributed by atoms with Gasteiger partial charge in [0.25, 0.3) is 10.0 Å². The highest BCUT2D eigenvalue weighted by Gasteiger charge is 2.18. The lowest BCUT2D eigenvalue weighted by Gasteiger charge is -2.18. The molecule has 0 bridgehead atoms. The molecule has 7 heteroatoms. The second-order valence-electron chi connectivity index (χ2n) is 8.59. The lowest BCUT2D eigenvalue weighted by molar-refractivity contribution is 0.276. The minimum Gasteiger partial charge on any atom is -0.348 e. The van der Waals surface area contributed by atoms with Crippen LogP contribution in [-0.4, -0.2) is 36.4 Å². The van der Waals surface area contributed by atoms with Gasteiger partial charge in [-0.1, -0.05) is 31.5 Å². The van der Waals surface area contributed by atoms with Crippen LogP contribution < -0.4 is 4.72 Å². The van der Waals surface area contributed by atoms with Crippen LogP contribution >= 0.6 is 0 Å². The van der Waals surface area contributed by atoms with E-state index in [1.165, 1.54) is 16.7 Å². The minimum atomic E-state index is -3.61. The Balaban J connectivity index is 1.43. The Hall–Kier alpha value is -2.64. The number of aryl methyl sites for hydroxylation is 2. The van der Waals surface area contributed by atoms with E-state index < -0.39 is 10.0 Å². The van der Waals surface area contributed by atoms with Crippen LogP contribution in [0.5, 0.6) is 0 Å². The summed E-state index contributed by atoms with van der Waals surface area (Å²) in [5.74, 6) is 0. The summed E-state index contributed by atoms with van der Waals surface area (Å²) < 4.78 is 28.6. The molecule has 0 amide bonds. The minimum absolute atomic E-state index is 0.299. The lowest BCUT2D eigenvalue weighted by atomic mass is 10.0. The molecule has 0 fully saturated rings. The van der Waals surface area contributed by atoms with Gasteiger partial charge >= 0.3 is 0 Å². The molecule has 2 heterocycles. The zero-order chi connectivity index (χ0) is 22.6. The van der Waals surface area contributed by atoms with E-state index in [1.54, 1.807) is 18.5 Å². The molecule has 6 nitrogen and oxygen atoms in total. The SMILES string of the molecule is CCCCc1ccc(S(=O)(=O)Nc2ccc3c(c2)CCN(Cc2nc[nH]c2C)CC3)cc1. The van der Waals surface area contributed by atoms with Gasteiger partial charge in [-0.15, -0.1) is 0 Å². The van der Waals surface area contributed by atoms with Crippen molar-refractivity contribution in [3.8, 4) is 0 Å². The van der Waals surface area contributed by atoms with Gasteiger partial charge in [-0.3, -0.25) is 9.62 Å². The number of fused-ring (bicyclic) bond motifs is 1. The zero-order valence-corrected chi connectivity index (χ0v) is 19.7. The molecule has 1 aliphatic rings. The van der Waals surface area contributed by atoms with Gasteiger partial charge in [0, 0.05) is 31.0 Å². The monoisotopic (exact) mass is 452 g/mol. The number of rotatable bonds is 8. The number of unbranched alkanes of at least 4 members (excludes halogenated alkanes) is 1. The number of aromatic amines is 1. The first-order valence-electron chi connectivity index (χ1n) is 11.4. The topological polar surface area (TPSA) is 78.1 Å². The smallest absolute Gasteiger partial charge is 0.261 e. The quantitative estimate of drug-likeness (QED) is 0.529. The third-order valence-electron chi connectivity index (χ3n) is 6.21. The molecule has 2 N–H and O–H groups in total. The van der Waals surface area contributed by atoms with Crippen LogP contribution in [0, 0.1) is 6.92 Å². The summed E-state index contributed by atoms with van der Waals surface area (Å²) >= 11 is 0. The van der Waals surface area contributed by atoms with Gasteiger partial charge in [-0.05, 0) is 73.6 Å². The summed E-state index contributed by atoms with van der Waals surface area (Å²) in [5, 5.41) is 0. The van der Waals surface area contributed by atoms with Gasteiger partial charge in [0.05, 0.1) is 16.9 Å². The van der Waals surface area contributed by atoms with E-state index in [1.807, 2.05) is 31.2 Å². The van der Waals surface area contributed by atoms with Crippen molar-refractivity contribution in [2.75, 3.05) is 17.8 Å². The first kappa shape index (κ1) is 22.6. The van der Waals surface area contributed by atoms with Crippen molar-refractivity contribution in [1.29, 1.82) is 0 Å². The van der Waals surface area contributed by atoms with E-state index in [-0.39, 0.29) is 0 Å². The average Bonchev–Trinajstić information content (AvgIpc) is 3.07. The Morgan fingerprint density at radius 3 is 2.50 bits per heavy atom. The fourth-order valence-corrected chi connectivity index (χ4v) is 5.23. The first-order valence-corrected chi connectivity index (χ1v) is 12.9. The normalized spacial score (nSPS) is 14.7. The number of sulfonamides is 1. The number of nitrogens with one attached hydrogen (secondary N) is 2. The fourth-order valence-electron chi connectivity index (χ4n) is 4.18. The number of aromatic nitrogens is 2. The molecule has 170 valence electrons. The Bertz CT molecular complexity index is 1150. The second-order valence-corrected chi connectivity index (χ2v) is 10.3. The number of benzene rings is 2. The van der Waals surface area contributed by atoms with E-state index in [0.29, 0.717) is 10.6 Å². The van der Waals surface area contributed by atoms with E-state index in [9.17, 15) is 8.42 Å². The van der Waals surface area contributed by atoms with E-state index in [4.69, 9.17) is 0 Å². The highest BCUT2D eigenvalue weighted by Crippen LogP contribution is 2.24. The van der Waals surface area contributed by atoms with Crippen molar-refractivity contribution in [3.05, 3.63) is 76.9 Å². The largest absolute Gasteiger partial charge is 0.348 e. The summed E-state index contributed by atoms with van der Waals surface area (Å²) in [6, 6.07) is 13.2. The van der Waals surface area contributed by atoms with E-state index in [0.717, 1.165) is 63.1 Å². The molecule has 0 radical (unpaired) electrons. The maximum atomic E-state index is 12.9. The number of nitrogens with zero attached hydrogens (tertiary/aromatic N) is 2. The Morgan fingerprint density at radius 1 is 1.06 bits per heavy atom. The highest BCUT2D eigenvalue weighted by atomic mass is 32.2. The van der Waals surface area contributed by atoms with Crippen LogP contribution in [0.15, 0.2) is 53.7 Å². The fraction of sp³-hybridized carbons (Fsp3) is 0.400. The second kappa shape index (κ2) is 9.88. The molecule has 3 aromatic rings. The number of hydrogen-bond acceptors (Lipinski definition) is 4. The molecule has 0 spiro atoms. The number of hydrogen-bond donors (Lipinski definition) is 2. The van der Waals surface area contributed by atoms with Gasteiger partial charge in [-0.2, -0.15) is 0 Å². The standard InChI is InChI=1S/C25H32N4O2S/c1-3-4-5-20-6-10-24(11-7-20)32(30,31)28-23-9-8-21-12-14-29(15-13-22(21)16-23)17-25-19(2)26-18-27-25/h6-11,16,18,28H,3-5,12-15,17H2,1-2H3,(H,26,27). The Morgan fingerprint density at radius 2 is 1.81 bits per heavy atom. The molecular weight excluding hydrogens is 420 g/mol. The summed E-state index contributed by atoms with van der Waals surface area (Å²) in [5.41, 5.74) is 6.49. The number of imidazole rings is 1. The predicted molar refractivity (Wildman–Crippen MR) is 128 cm³/mol. The Labute approximate surface area is 191 Å². The van der Waals surface area contributed by atoms with Crippen molar-refractivity contribution in [1.82, 2.24) is 14.9 Å². The summed E-state index contributed by atoms with van der Waals surface area (Å²) in [4.78, 5) is 10.3. The van der Waals surface area contributed by atoms with Crippen molar-refractivity contribution in [2.24, 2.45) is 0 Å². The summed E-state index contributed by atoms with van der Waals surface area (Å²) in [6.07, 6.45) is 6.80. The molecule has 0 aliphatic carbocycles. The zero-order valence-electron chi connectivity index (χ0n) is 18.9. The molecular formula is C25H32N4O2S. The van der Waals surface area contributed by atoms with Gasteiger partial charge in [0.2, 0.25) is 0 Å². The predicted octanol–water partition coefficient (Wildman–Crippen LogP) is 4.46. The summed E-state index contributed by atoms with van der Waals surface area (Å²) in [7, 11) is -3.61. The van der Waals surface area contributed by atoms with Gasteiger partial charge < -0.3 is 4.98 Å². The van der Waals surface area contributed by atoms with Crippen LogP contribution in [-0.2, 0) is 35.8 Å². The molecule has 2 aromatic carbocycles. The average molecular weight is 453 g/mol. The molecule has 0 saturated heterocycles. The van der Waals surface area contributed by atoms with Gasteiger partial charge in [0.1, 0.15) is 0 Å². The maximum absolute atomic E-state index is 12.9. The molecule has 4 rings (SSSR count). The lowest BCUT2D eigenvalue weighted by Crippen LogP contribution is -2.26. The van der Waals surface area contributed by atoms with Crippen LogP contribution in [0.2, 0.25) is 0 Å². The Kier molecular flexibility index (Phi) is 6.96. The maximum Gasteiger partial charge on any atom is 0.261 e. The third kappa shape index (κ3) is 5.40. The van der Waals surface area contributed by atoms with Gasteiger partial charge in [-0.25, -0.2) is 13.4 Å². The molecule has 32 heavy (non-hydrogen) atoms. The molecule has 1 aliphatic heterocycles. The number of H-pyrrole nitrogens is 1. The molecule has 0 unspecified atom stereocenters. The van der Waals surface area contributed by atoms with E-state index >= 15 is 0 Å². The molecule has 0 saturated carbocycles. The van der Waals surface area contributed by atoms with Gasteiger partial charge in [0.15, 0.2) is 0 Å². The third-order valence-corrected chi connectivity index (χ3v) is 7.61.